The van der Waals surface area contributed by atoms with Crippen molar-refractivity contribution < 1.29 is 17.6 Å². The number of carbonyl (C=O) groups is 1. The fourth-order valence-corrected chi connectivity index (χ4v) is 6.15. The van der Waals surface area contributed by atoms with Gasteiger partial charge in [0.25, 0.3) is 0 Å². The molecule has 0 atom stereocenters. The van der Waals surface area contributed by atoms with Crippen molar-refractivity contribution in [1.82, 2.24) is 8.71 Å². The Hall–Kier alpha value is -3.62. The molecule has 0 amide bonds. The minimum Gasteiger partial charge on any atom is -0.313 e. The fourth-order valence-electron chi connectivity index (χ4n) is 4.64. The summed E-state index contributed by atoms with van der Waals surface area (Å²) in [5, 5.41) is 0. The molecule has 5 rings (SSSR count). The van der Waals surface area contributed by atoms with Crippen LogP contribution in [0, 0.1) is 12.7 Å². The first kappa shape index (κ1) is 24.1. The summed E-state index contributed by atoms with van der Waals surface area (Å²) in [6.45, 7) is 2.98. The first-order valence-electron chi connectivity index (χ1n) is 11.9. The smallest absolute Gasteiger partial charge is 0.243 e. The Bertz CT molecular complexity index is 1550. The minimum atomic E-state index is -3.50. The number of sulfonamides is 1. The van der Waals surface area contributed by atoms with Crippen LogP contribution in [0.1, 0.15) is 46.4 Å². The van der Waals surface area contributed by atoms with Crippen molar-refractivity contribution in [2.75, 3.05) is 13.1 Å². The van der Waals surface area contributed by atoms with Crippen LogP contribution in [0.4, 0.5) is 10.1 Å². The average molecular weight is 504 g/mol. The highest BCUT2D eigenvalue weighted by Crippen LogP contribution is 2.26. The van der Waals surface area contributed by atoms with Crippen LogP contribution in [0.3, 0.4) is 0 Å². The fraction of sp³-hybridized carbons (Fsp3) is 0.214. The van der Waals surface area contributed by atoms with Gasteiger partial charge in [0.2, 0.25) is 15.8 Å². The molecule has 0 aliphatic carbocycles. The summed E-state index contributed by atoms with van der Waals surface area (Å²) in [5.41, 5.74) is 3.84. The summed E-state index contributed by atoms with van der Waals surface area (Å²) in [6, 6.07) is 17.7. The van der Waals surface area contributed by atoms with Crippen LogP contribution in [0.25, 0.3) is 5.52 Å². The molecule has 8 heteroatoms. The van der Waals surface area contributed by atoms with E-state index in [0.29, 0.717) is 30.0 Å². The summed E-state index contributed by atoms with van der Waals surface area (Å²) in [5.74, 6) is -0.605. The molecule has 2 aromatic carbocycles. The van der Waals surface area contributed by atoms with Gasteiger partial charge in [0, 0.05) is 36.6 Å². The standard InChI is InChI=1S/C28H26FN3O3S/c1-20-25(19-30-23-12-14-24(15-13-23)36(34,35)31-16-4-2-5-17-31)26-7-3-6-18-32(26)27(20)28(33)21-8-10-22(29)11-9-21/h3,6-15,18-19H,2,4-5,16-17H2,1H3. The van der Waals surface area contributed by atoms with Crippen LogP contribution >= 0.6 is 0 Å². The second-order valence-corrected chi connectivity index (χ2v) is 10.8. The lowest BCUT2D eigenvalue weighted by Crippen LogP contribution is -2.35. The van der Waals surface area contributed by atoms with Crippen molar-refractivity contribution in [2.24, 2.45) is 4.99 Å². The summed E-state index contributed by atoms with van der Waals surface area (Å²) >= 11 is 0. The quantitative estimate of drug-likeness (QED) is 0.256. The Morgan fingerprint density at radius 2 is 1.64 bits per heavy atom. The van der Waals surface area contributed by atoms with Gasteiger partial charge in [-0.1, -0.05) is 12.5 Å². The molecule has 0 radical (unpaired) electrons. The van der Waals surface area contributed by atoms with Crippen LogP contribution in [0.15, 0.2) is 82.8 Å². The van der Waals surface area contributed by atoms with Gasteiger partial charge in [-0.15, -0.1) is 0 Å². The molecule has 0 unspecified atom stereocenters. The first-order chi connectivity index (χ1) is 17.4. The first-order valence-corrected chi connectivity index (χ1v) is 13.3. The van der Waals surface area contributed by atoms with E-state index in [1.165, 1.54) is 24.3 Å². The third-order valence-corrected chi connectivity index (χ3v) is 8.50. The number of hydrogen-bond donors (Lipinski definition) is 0. The predicted octanol–water partition coefficient (Wildman–Crippen LogP) is 5.54. The normalized spacial score (nSPS) is 15.1. The number of piperidine rings is 1. The zero-order valence-corrected chi connectivity index (χ0v) is 20.7. The molecule has 3 heterocycles. The molecule has 184 valence electrons. The number of aromatic nitrogens is 1. The summed E-state index contributed by atoms with van der Waals surface area (Å²) in [7, 11) is -3.50. The van der Waals surface area contributed by atoms with Gasteiger partial charge in [-0.25, -0.2) is 12.8 Å². The molecule has 4 aromatic rings. The second-order valence-electron chi connectivity index (χ2n) is 8.90. The van der Waals surface area contributed by atoms with Crippen molar-refractivity contribution in [1.29, 1.82) is 0 Å². The van der Waals surface area contributed by atoms with Crippen molar-refractivity contribution in [3.63, 3.8) is 0 Å². The Balaban J connectivity index is 1.46. The van der Waals surface area contributed by atoms with E-state index in [2.05, 4.69) is 4.99 Å². The lowest BCUT2D eigenvalue weighted by atomic mass is 10.0. The van der Waals surface area contributed by atoms with Gasteiger partial charge < -0.3 is 4.40 Å². The molecular formula is C28H26FN3O3S. The molecule has 1 fully saturated rings. The van der Waals surface area contributed by atoms with Gasteiger partial charge in [-0.3, -0.25) is 9.79 Å². The van der Waals surface area contributed by atoms with Crippen LogP contribution in [-0.2, 0) is 10.0 Å². The van der Waals surface area contributed by atoms with Crippen molar-refractivity contribution >= 4 is 33.2 Å². The minimum absolute atomic E-state index is 0.208. The number of ketones is 1. The molecule has 0 bridgehead atoms. The van der Waals surface area contributed by atoms with Crippen molar-refractivity contribution in [3.8, 4) is 0 Å². The van der Waals surface area contributed by atoms with Gasteiger partial charge in [0.1, 0.15) is 5.82 Å². The molecule has 1 aliphatic heterocycles. The highest BCUT2D eigenvalue weighted by atomic mass is 32.2. The number of rotatable bonds is 6. The van der Waals surface area contributed by atoms with E-state index in [-0.39, 0.29) is 10.7 Å². The summed E-state index contributed by atoms with van der Waals surface area (Å²) in [4.78, 5) is 18.1. The van der Waals surface area contributed by atoms with E-state index in [1.54, 1.807) is 34.8 Å². The number of benzene rings is 2. The molecule has 0 saturated carbocycles. The van der Waals surface area contributed by atoms with E-state index in [9.17, 15) is 17.6 Å². The molecule has 1 saturated heterocycles. The van der Waals surface area contributed by atoms with E-state index in [4.69, 9.17) is 0 Å². The van der Waals surface area contributed by atoms with Gasteiger partial charge in [-0.2, -0.15) is 4.31 Å². The predicted molar refractivity (Wildman–Crippen MR) is 138 cm³/mol. The van der Waals surface area contributed by atoms with Crippen molar-refractivity contribution in [2.45, 2.75) is 31.1 Å². The molecule has 0 spiro atoms. The zero-order chi connectivity index (χ0) is 25.3. The molecule has 36 heavy (non-hydrogen) atoms. The molecule has 2 aromatic heterocycles. The number of hydrogen-bond acceptors (Lipinski definition) is 4. The molecule has 0 N–H and O–H groups in total. The Labute approximate surface area is 209 Å². The number of aliphatic imine (C=N–C) groups is 1. The number of fused-ring (bicyclic) bond motifs is 1. The van der Waals surface area contributed by atoms with Gasteiger partial charge in [0.15, 0.2) is 0 Å². The average Bonchev–Trinajstić information content (AvgIpc) is 3.19. The van der Waals surface area contributed by atoms with E-state index >= 15 is 0 Å². The monoisotopic (exact) mass is 503 g/mol. The lowest BCUT2D eigenvalue weighted by Gasteiger charge is -2.25. The number of nitrogens with zero attached hydrogens (tertiary/aromatic N) is 3. The van der Waals surface area contributed by atoms with E-state index in [0.717, 1.165) is 35.9 Å². The van der Waals surface area contributed by atoms with Crippen LogP contribution in [0.5, 0.6) is 0 Å². The summed E-state index contributed by atoms with van der Waals surface area (Å²) < 4.78 is 42.5. The van der Waals surface area contributed by atoms with Gasteiger partial charge >= 0.3 is 0 Å². The maximum Gasteiger partial charge on any atom is 0.243 e. The Morgan fingerprint density at radius 1 is 0.944 bits per heavy atom. The largest absolute Gasteiger partial charge is 0.313 e. The maximum absolute atomic E-state index is 13.4. The molecule has 1 aliphatic rings. The zero-order valence-electron chi connectivity index (χ0n) is 19.9. The summed E-state index contributed by atoms with van der Waals surface area (Å²) in [6.07, 6.45) is 6.35. The maximum atomic E-state index is 13.4. The molecule has 6 nitrogen and oxygen atoms in total. The Kier molecular flexibility index (Phi) is 6.55. The number of halogens is 1. The number of pyridine rings is 1. The molecular weight excluding hydrogens is 477 g/mol. The third-order valence-electron chi connectivity index (χ3n) is 6.59. The SMILES string of the molecule is Cc1c(C=Nc2ccc(S(=O)(=O)N3CCCCC3)cc2)c2ccccn2c1C(=O)c1ccc(F)cc1. The van der Waals surface area contributed by atoms with Crippen LogP contribution < -0.4 is 0 Å². The van der Waals surface area contributed by atoms with Crippen LogP contribution in [0.2, 0.25) is 0 Å². The van der Waals surface area contributed by atoms with E-state index < -0.39 is 15.8 Å². The lowest BCUT2D eigenvalue weighted by molar-refractivity contribution is 0.103. The topological polar surface area (TPSA) is 71.2 Å². The van der Waals surface area contributed by atoms with Crippen molar-refractivity contribution in [3.05, 3.63) is 101 Å². The van der Waals surface area contributed by atoms with Crippen LogP contribution in [-0.4, -0.2) is 42.2 Å². The van der Waals surface area contributed by atoms with Gasteiger partial charge in [-0.05, 0) is 86.0 Å². The Morgan fingerprint density at radius 3 is 2.33 bits per heavy atom. The van der Waals surface area contributed by atoms with E-state index in [1.807, 2.05) is 35.7 Å². The highest BCUT2D eigenvalue weighted by Gasteiger charge is 2.25. The second kappa shape index (κ2) is 9.79. The van der Waals surface area contributed by atoms with Gasteiger partial charge in [0.05, 0.1) is 21.8 Å². The number of carbonyl (C=O) groups excluding carboxylic acids is 1. The third kappa shape index (κ3) is 4.50. The highest BCUT2D eigenvalue weighted by molar-refractivity contribution is 7.89.